The lowest BCUT2D eigenvalue weighted by atomic mass is 9.98. The number of ether oxygens (including phenoxy) is 1. The van der Waals surface area contributed by atoms with Crippen molar-refractivity contribution in [3.63, 3.8) is 0 Å². The van der Waals surface area contributed by atoms with E-state index in [0.717, 1.165) is 47.1 Å². The molecule has 3 rings (SSSR count). The van der Waals surface area contributed by atoms with Gasteiger partial charge in [-0.1, -0.05) is 34.1 Å². The summed E-state index contributed by atoms with van der Waals surface area (Å²) in [6.07, 6.45) is 3.81. The van der Waals surface area contributed by atoms with Gasteiger partial charge in [-0.15, -0.1) is 6.58 Å². The van der Waals surface area contributed by atoms with Crippen LogP contribution >= 0.6 is 15.9 Å². The summed E-state index contributed by atoms with van der Waals surface area (Å²) in [5.74, 6) is 0.594. The topological polar surface area (TPSA) is 46.6 Å². The number of fused-ring (bicyclic) bond motifs is 1. The van der Waals surface area contributed by atoms with E-state index >= 15 is 0 Å². The average Bonchev–Trinajstić information content (AvgIpc) is 2.89. The van der Waals surface area contributed by atoms with Gasteiger partial charge in [0.15, 0.2) is 0 Å². The molecule has 0 amide bonds. The minimum absolute atomic E-state index is 0.330. The molecule has 1 aliphatic heterocycles. The molecule has 1 aliphatic rings. The van der Waals surface area contributed by atoms with Crippen LogP contribution in [0, 0.1) is 0 Å². The Hall–Kier alpha value is -1.89. The first-order chi connectivity index (χ1) is 13.8. The molecular weight excluding hydrogens is 450 g/mol. The van der Waals surface area contributed by atoms with E-state index in [1.165, 1.54) is 0 Å². The highest BCUT2D eigenvalue weighted by molar-refractivity contribution is 9.10. The summed E-state index contributed by atoms with van der Waals surface area (Å²) < 4.78 is 32.7. The fourth-order valence-corrected chi connectivity index (χ4v) is 5.29. The Labute approximate surface area is 181 Å². The Kier molecular flexibility index (Phi) is 6.98. The van der Waals surface area contributed by atoms with Crippen molar-refractivity contribution in [2.75, 3.05) is 26.7 Å². The number of rotatable bonds is 9. The molecule has 154 valence electrons. The van der Waals surface area contributed by atoms with Crippen LogP contribution in [0.2, 0.25) is 0 Å². The van der Waals surface area contributed by atoms with E-state index in [1.807, 2.05) is 42.5 Å². The Morgan fingerprint density at radius 3 is 2.55 bits per heavy atom. The lowest BCUT2D eigenvalue weighted by molar-refractivity contribution is 0.287. The lowest BCUT2D eigenvalue weighted by Crippen LogP contribution is -2.19. The van der Waals surface area contributed by atoms with E-state index in [-0.39, 0.29) is 0 Å². The maximum absolute atomic E-state index is 13.0. The predicted molar refractivity (Wildman–Crippen MR) is 122 cm³/mol. The summed E-state index contributed by atoms with van der Waals surface area (Å²) in [4.78, 5) is 2.92. The molecule has 0 N–H and O–H groups in total. The maximum atomic E-state index is 13.0. The summed E-state index contributed by atoms with van der Waals surface area (Å²) in [5, 5.41) is 0. The summed E-state index contributed by atoms with van der Waals surface area (Å²) >= 11 is 3.43. The number of likely N-dealkylation sites (N-methyl/N-ethyl adjacent to an activating group) is 1. The number of sulfone groups is 1. The van der Waals surface area contributed by atoms with Crippen molar-refractivity contribution in [3.05, 3.63) is 75.6 Å². The van der Waals surface area contributed by atoms with Crippen LogP contribution in [-0.2, 0) is 9.84 Å². The molecule has 0 fully saturated rings. The zero-order chi connectivity index (χ0) is 21.0. The predicted octanol–water partition coefficient (Wildman–Crippen LogP) is 5.29. The minimum Gasteiger partial charge on any atom is -0.494 e. The summed E-state index contributed by atoms with van der Waals surface area (Å²) in [5.41, 5.74) is 2.40. The van der Waals surface area contributed by atoms with Crippen LogP contribution in [-0.4, -0.2) is 40.1 Å². The monoisotopic (exact) mass is 475 g/mol. The zero-order valence-electron chi connectivity index (χ0n) is 16.8. The Morgan fingerprint density at radius 2 is 1.86 bits per heavy atom. The standard InChI is InChI=1S/C23H26BrNO3S/c1-4-13-25(3)14-5-6-15-28-20-11-12-21-22(16-20)29(26,27)17(2)23(21)18-7-9-19(24)10-8-18/h4,7-12,16H,1,5-6,13-15H2,2-3H3. The van der Waals surface area contributed by atoms with Crippen molar-refractivity contribution in [2.45, 2.75) is 24.7 Å². The van der Waals surface area contributed by atoms with Gasteiger partial charge in [0, 0.05) is 22.2 Å². The third-order valence-electron chi connectivity index (χ3n) is 5.04. The van der Waals surface area contributed by atoms with Gasteiger partial charge in [0.25, 0.3) is 0 Å². The van der Waals surface area contributed by atoms with Crippen molar-refractivity contribution in [2.24, 2.45) is 0 Å². The molecule has 0 radical (unpaired) electrons. The van der Waals surface area contributed by atoms with E-state index in [9.17, 15) is 8.42 Å². The summed E-state index contributed by atoms with van der Waals surface area (Å²) in [6, 6.07) is 13.1. The molecule has 1 heterocycles. The lowest BCUT2D eigenvalue weighted by Gasteiger charge is -2.14. The van der Waals surface area contributed by atoms with Gasteiger partial charge in [-0.3, -0.25) is 0 Å². The van der Waals surface area contributed by atoms with E-state index in [0.29, 0.717) is 22.2 Å². The van der Waals surface area contributed by atoms with Gasteiger partial charge < -0.3 is 9.64 Å². The largest absolute Gasteiger partial charge is 0.494 e. The van der Waals surface area contributed by atoms with Crippen LogP contribution in [0.15, 0.2) is 69.4 Å². The van der Waals surface area contributed by atoms with Crippen molar-refractivity contribution < 1.29 is 13.2 Å². The molecule has 0 saturated heterocycles. The summed E-state index contributed by atoms with van der Waals surface area (Å²) in [6.45, 7) is 7.82. The number of halogens is 1. The second-order valence-corrected chi connectivity index (χ2v) is 10.2. The second-order valence-electron chi connectivity index (χ2n) is 7.21. The van der Waals surface area contributed by atoms with Crippen LogP contribution in [0.25, 0.3) is 5.57 Å². The van der Waals surface area contributed by atoms with Gasteiger partial charge in [-0.05, 0) is 69.3 Å². The SMILES string of the molecule is C=CCN(C)CCCCOc1ccc2c(c1)S(=O)(=O)C(C)=C2c1ccc(Br)cc1. The molecule has 0 bridgehead atoms. The average molecular weight is 476 g/mol. The molecule has 0 aromatic heterocycles. The maximum Gasteiger partial charge on any atom is 0.203 e. The van der Waals surface area contributed by atoms with Crippen molar-refractivity contribution >= 4 is 31.3 Å². The fourth-order valence-electron chi connectivity index (χ4n) is 3.47. The van der Waals surface area contributed by atoms with Crippen molar-refractivity contribution in [1.29, 1.82) is 0 Å². The minimum atomic E-state index is -3.50. The quantitative estimate of drug-likeness (QED) is 0.365. The molecule has 2 aromatic carbocycles. The number of hydrogen-bond acceptors (Lipinski definition) is 4. The Balaban J connectivity index is 1.73. The van der Waals surface area contributed by atoms with E-state index in [2.05, 4.69) is 34.5 Å². The van der Waals surface area contributed by atoms with Gasteiger partial charge in [-0.25, -0.2) is 8.42 Å². The summed E-state index contributed by atoms with van der Waals surface area (Å²) in [7, 11) is -1.43. The van der Waals surface area contributed by atoms with Crippen LogP contribution in [0.1, 0.15) is 30.9 Å². The first kappa shape index (κ1) is 21.8. The second kappa shape index (κ2) is 9.28. The normalized spacial score (nSPS) is 14.9. The molecule has 0 aliphatic carbocycles. The number of nitrogens with zero attached hydrogens (tertiary/aromatic N) is 1. The van der Waals surface area contributed by atoms with Gasteiger partial charge >= 0.3 is 0 Å². The first-order valence-electron chi connectivity index (χ1n) is 9.63. The zero-order valence-corrected chi connectivity index (χ0v) is 19.2. The highest BCUT2D eigenvalue weighted by atomic mass is 79.9. The molecular formula is C23H26BrNO3S. The molecule has 6 heteroatoms. The van der Waals surface area contributed by atoms with Gasteiger partial charge in [0.2, 0.25) is 9.84 Å². The third-order valence-corrected chi connectivity index (χ3v) is 7.50. The number of hydrogen-bond donors (Lipinski definition) is 0. The molecule has 0 saturated carbocycles. The van der Waals surface area contributed by atoms with E-state index in [4.69, 9.17) is 4.74 Å². The smallest absolute Gasteiger partial charge is 0.203 e. The Bertz CT molecular complexity index is 1030. The van der Waals surface area contributed by atoms with Crippen molar-refractivity contribution in [1.82, 2.24) is 4.90 Å². The molecule has 0 unspecified atom stereocenters. The number of allylic oxidation sites excluding steroid dienone is 1. The van der Waals surface area contributed by atoms with Crippen molar-refractivity contribution in [3.8, 4) is 5.75 Å². The number of benzene rings is 2. The highest BCUT2D eigenvalue weighted by Gasteiger charge is 2.33. The van der Waals surface area contributed by atoms with Gasteiger partial charge in [0.05, 0.1) is 16.4 Å². The van der Waals surface area contributed by atoms with Crippen LogP contribution in [0.5, 0.6) is 5.75 Å². The van der Waals surface area contributed by atoms with Crippen LogP contribution in [0.3, 0.4) is 0 Å². The highest BCUT2D eigenvalue weighted by Crippen LogP contribution is 2.43. The first-order valence-corrected chi connectivity index (χ1v) is 11.9. The third kappa shape index (κ3) is 4.82. The molecule has 0 spiro atoms. The van der Waals surface area contributed by atoms with E-state index in [1.54, 1.807) is 13.0 Å². The van der Waals surface area contributed by atoms with E-state index < -0.39 is 9.84 Å². The molecule has 0 atom stereocenters. The fraction of sp³-hybridized carbons (Fsp3) is 0.304. The van der Waals surface area contributed by atoms with Crippen LogP contribution < -0.4 is 4.74 Å². The molecule has 4 nitrogen and oxygen atoms in total. The Morgan fingerprint density at radius 1 is 1.14 bits per heavy atom. The van der Waals surface area contributed by atoms with Crippen LogP contribution in [0.4, 0.5) is 0 Å². The number of unbranched alkanes of at least 4 members (excludes halogenated alkanes) is 1. The molecule has 2 aromatic rings. The van der Waals surface area contributed by atoms with Gasteiger partial charge in [0.1, 0.15) is 5.75 Å². The van der Waals surface area contributed by atoms with Gasteiger partial charge in [-0.2, -0.15) is 0 Å². The molecule has 29 heavy (non-hydrogen) atoms.